The fourth-order valence-electron chi connectivity index (χ4n) is 2.76. The Kier molecular flexibility index (Phi) is 4.99. The second kappa shape index (κ2) is 5.85. The molecule has 0 aromatic rings. The molecule has 2 N–H and O–H groups in total. The monoisotopic (exact) mass is 241 g/mol. The zero-order valence-corrected chi connectivity index (χ0v) is 11.6. The fourth-order valence-corrected chi connectivity index (χ4v) is 2.76. The molecule has 1 aliphatic rings. The smallest absolute Gasteiger partial charge is 0.320 e. The van der Waals surface area contributed by atoms with Gasteiger partial charge in [-0.15, -0.1) is 0 Å². The molecule has 0 heterocycles. The average Bonchev–Trinajstić information content (AvgIpc) is 2.42. The van der Waals surface area contributed by atoms with E-state index in [-0.39, 0.29) is 0 Å². The summed E-state index contributed by atoms with van der Waals surface area (Å²) in [4.78, 5) is 10.8. The Labute approximate surface area is 105 Å². The van der Waals surface area contributed by atoms with Crippen molar-refractivity contribution in [1.29, 1.82) is 0 Å². The number of carboxylic acids is 1. The van der Waals surface area contributed by atoms with Crippen molar-refractivity contribution >= 4 is 5.97 Å². The Morgan fingerprint density at radius 3 is 2.41 bits per heavy atom. The summed E-state index contributed by atoms with van der Waals surface area (Å²) in [5.41, 5.74) is 0.382. The second-order valence-electron chi connectivity index (χ2n) is 6.49. The van der Waals surface area contributed by atoms with Crippen LogP contribution in [0.25, 0.3) is 0 Å². The predicted octanol–water partition coefficient (Wildman–Crippen LogP) is 3.04. The highest BCUT2D eigenvalue weighted by molar-refractivity contribution is 5.72. The van der Waals surface area contributed by atoms with Crippen LogP contribution in [0.15, 0.2) is 0 Å². The van der Waals surface area contributed by atoms with Crippen LogP contribution in [0.5, 0.6) is 0 Å². The molecule has 1 aliphatic carbocycles. The number of aliphatic carboxylic acids is 1. The normalized spacial score (nSPS) is 28.5. The highest BCUT2D eigenvalue weighted by Gasteiger charge is 2.28. The average molecular weight is 241 g/mol. The van der Waals surface area contributed by atoms with Gasteiger partial charge in [-0.05, 0) is 43.9 Å². The molecule has 0 amide bonds. The van der Waals surface area contributed by atoms with Crippen molar-refractivity contribution < 1.29 is 9.90 Å². The number of nitrogens with one attached hydrogen (secondary N) is 1. The van der Waals surface area contributed by atoms with Crippen molar-refractivity contribution in [2.45, 2.75) is 71.9 Å². The zero-order valence-electron chi connectivity index (χ0n) is 11.6. The fraction of sp³-hybridized carbons (Fsp3) is 0.929. The van der Waals surface area contributed by atoms with Gasteiger partial charge in [0.15, 0.2) is 0 Å². The van der Waals surface area contributed by atoms with Crippen LogP contribution in [0.2, 0.25) is 0 Å². The van der Waals surface area contributed by atoms with Crippen molar-refractivity contribution in [2.24, 2.45) is 11.3 Å². The molecule has 0 aliphatic heterocycles. The minimum absolute atomic E-state index is 0.382. The molecular formula is C14H27NO2. The van der Waals surface area contributed by atoms with E-state index in [4.69, 9.17) is 5.11 Å². The van der Waals surface area contributed by atoms with Gasteiger partial charge in [-0.25, -0.2) is 0 Å². The Hall–Kier alpha value is -0.570. The summed E-state index contributed by atoms with van der Waals surface area (Å²) in [5.74, 6) is 0.0241. The minimum atomic E-state index is -0.749. The first-order valence-corrected chi connectivity index (χ1v) is 6.79. The number of hydrogen-bond acceptors (Lipinski definition) is 2. The van der Waals surface area contributed by atoms with E-state index < -0.39 is 12.0 Å². The minimum Gasteiger partial charge on any atom is -0.480 e. The summed E-state index contributed by atoms with van der Waals surface area (Å²) in [6.07, 6.45) is 5.94. The first kappa shape index (κ1) is 14.5. The van der Waals surface area contributed by atoms with Gasteiger partial charge in [-0.1, -0.05) is 27.2 Å². The molecule has 0 bridgehead atoms. The van der Waals surface area contributed by atoms with Crippen LogP contribution < -0.4 is 5.32 Å². The Morgan fingerprint density at radius 1 is 1.24 bits per heavy atom. The maximum absolute atomic E-state index is 10.8. The highest BCUT2D eigenvalue weighted by atomic mass is 16.4. The summed E-state index contributed by atoms with van der Waals surface area (Å²) in [7, 11) is 0. The van der Waals surface area contributed by atoms with Crippen molar-refractivity contribution in [3.05, 3.63) is 0 Å². The molecule has 0 aromatic heterocycles. The van der Waals surface area contributed by atoms with Gasteiger partial charge in [0.25, 0.3) is 0 Å². The van der Waals surface area contributed by atoms with Gasteiger partial charge >= 0.3 is 5.97 Å². The van der Waals surface area contributed by atoms with Crippen LogP contribution >= 0.6 is 0 Å². The van der Waals surface area contributed by atoms with Gasteiger partial charge in [-0.3, -0.25) is 4.79 Å². The zero-order chi connectivity index (χ0) is 13.1. The van der Waals surface area contributed by atoms with Crippen molar-refractivity contribution in [1.82, 2.24) is 5.32 Å². The maximum Gasteiger partial charge on any atom is 0.320 e. The quantitative estimate of drug-likeness (QED) is 0.747. The lowest BCUT2D eigenvalue weighted by Crippen LogP contribution is -2.41. The highest BCUT2D eigenvalue weighted by Crippen LogP contribution is 2.36. The Morgan fingerprint density at radius 2 is 1.88 bits per heavy atom. The maximum atomic E-state index is 10.8. The van der Waals surface area contributed by atoms with Crippen LogP contribution in [0.1, 0.15) is 59.8 Å². The molecule has 3 nitrogen and oxygen atoms in total. The lowest BCUT2D eigenvalue weighted by molar-refractivity contribution is -0.139. The topological polar surface area (TPSA) is 49.3 Å². The van der Waals surface area contributed by atoms with Gasteiger partial charge in [0, 0.05) is 6.04 Å². The van der Waals surface area contributed by atoms with Crippen LogP contribution in [-0.2, 0) is 4.79 Å². The third-order valence-electron chi connectivity index (χ3n) is 4.05. The molecule has 0 spiro atoms. The molecule has 0 saturated heterocycles. The number of carbonyl (C=O) groups is 1. The van der Waals surface area contributed by atoms with Gasteiger partial charge in [-0.2, -0.15) is 0 Å². The molecule has 0 radical (unpaired) electrons. The molecule has 3 heteroatoms. The first-order chi connectivity index (χ1) is 7.80. The van der Waals surface area contributed by atoms with Crippen molar-refractivity contribution in [3.63, 3.8) is 0 Å². The van der Waals surface area contributed by atoms with E-state index in [1.54, 1.807) is 6.92 Å². The summed E-state index contributed by atoms with van der Waals surface area (Å²) in [6, 6.07) is -0.0420. The number of carboxylic acid groups (broad SMARTS) is 1. The number of rotatable bonds is 3. The van der Waals surface area contributed by atoms with Gasteiger partial charge in [0.2, 0.25) is 0 Å². The third kappa shape index (κ3) is 4.66. The summed E-state index contributed by atoms with van der Waals surface area (Å²) in [5, 5.41) is 12.1. The molecule has 1 rings (SSSR count). The Bertz CT molecular complexity index is 257. The summed E-state index contributed by atoms with van der Waals surface area (Å²) in [6.45, 7) is 8.66. The van der Waals surface area contributed by atoms with Crippen LogP contribution in [0, 0.1) is 11.3 Å². The number of hydrogen-bond donors (Lipinski definition) is 2. The first-order valence-electron chi connectivity index (χ1n) is 6.79. The molecule has 3 atom stereocenters. The molecule has 0 aromatic carbocycles. The summed E-state index contributed by atoms with van der Waals surface area (Å²) >= 11 is 0. The van der Waals surface area contributed by atoms with Crippen LogP contribution in [0.3, 0.4) is 0 Å². The van der Waals surface area contributed by atoms with Crippen LogP contribution in [0.4, 0.5) is 0 Å². The van der Waals surface area contributed by atoms with Gasteiger partial charge in [0.1, 0.15) is 6.04 Å². The van der Waals surface area contributed by atoms with E-state index in [0.717, 1.165) is 18.8 Å². The molecule has 17 heavy (non-hydrogen) atoms. The predicted molar refractivity (Wildman–Crippen MR) is 70.1 cm³/mol. The van der Waals surface area contributed by atoms with E-state index in [2.05, 4.69) is 26.1 Å². The molecule has 1 saturated carbocycles. The SMILES string of the molecule is CC(NC1CCCC(C(C)(C)C)CC1)C(=O)O. The molecule has 100 valence electrons. The lowest BCUT2D eigenvalue weighted by atomic mass is 9.76. The molecular weight excluding hydrogens is 214 g/mol. The lowest BCUT2D eigenvalue weighted by Gasteiger charge is -2.29. The van der Waals surface area contributed by atoms with Crippen LogP contribution in [-0.4, -0.2) is 23.2 Å². The molecule has 3 unspecified atom stereocenters. The molecule has 1 fully saturated rings. The van der Waals surface area contributed by atoms with E-state index in [0.29, 0.717) is 11.5 Å². The van der Waals surface area contributed by atoms with Crippen molar-refractivity contribution in [3.8, 4) is 0 Å². The largest absolute Gasteiger partial charge is 0.480 e. The second-order valence-corrected chi connectivity index (χ2v) is 6.49. The third-order valence-corrected chi connectivity index (χ3v) is 4.05. The van der Waals surface area contributed by atoms with E-state index in [9.17, 15) is 4.79 Å². The van der Waals surface area contributed by atoms with E-state index >= 15 is 0 Å². The Balaban J connectivity index is 2.45. The van der Waals surface area contributed by atoms with Gasteiger partial charge in [0.05, 0.1) is 0 Å². The van der Waals surface area contributed by atoms with Crippen molar-refractivity contribution in [2.75, 3.05) is 0 Å². The van der Waals surface area contributed by atoms with Gasteiger partial charge < -0.3 is 10.4 Å². The summed E-state index contributed by atoms with van der Waals surface area (Å²) < 4.78 is 0. The van der Waals surface area contributed by atoms with E-state index in [1.165, 1.54) is 19.3 Å². The standard InChI is InChI=1S/C14H27NO2/c1-10(13(16)17)15-12-7-5-6-11(8-9-12)14(2,3)4/h10-12,15H,5-9H2,1-4H3,(H,16,17). The van der Waals surface area contributed by atoms with E-state index in [1.807, 2.05) is 0 Å².